The van der Waals surface area contributed by atoms with Crippen LogP contribution >= 0.6 is 0 Å². The molecule has 0 heterocycles. The van der Waals surface area contributed by atoms with Crippen LogP contribution in [0.5, 0.6) is 5.75 Å². The molecule has 1 aromatic rings. The Balaban J connectivity index is 2.48. The van der Waals surface area contributed by atoms with Crippen molar-refractivity contribution < 1.29 is 15.0 Å². The summed E-state index contributed by atoms with van der Waals surface area (Å²) in [4.78, 5) is 10.6. The normalized spacial score (nSPS) is 14.4. The topological polar surface area (TPSA) is 69.6 Å². The predicted octanol–water partition coefficient (Wildman–Crippen LogP) is 1.39. The fourth-order valence-corrected chi connectivity index (χ4v) is 1.54. The highest BCUT2D eigenvalue weighted by atomic mass is 16.4. The van der Waals surface area contributed by atoms with Gasteiger partial charge in [0.1, 0.15) is 11.8 Å². The number of phenolic OH excluding ortho intramolecular Hbond substituents is 1. The Hall–Kier alpha value is -1.55. The molecule has 0 aliphatic heterocycles. The highest BCUT2D eigenvalue weighted by molar-refractivity contribution is 5.72. The number of phenols is 1. The van der Waals surface area contributed by atoms with Crippen molar-refractivity contribution in [3.05, 3.63) is 29.8 Å². The second-order valence-electron chi connectivity index (χ2n) is 4.00. The van der Waals surface area contributed by atoms with Gasteiger partial charge in [0.25, 0.3) is 0 Å². The number of aliphatic carboxylic acids is 1. The number of benzene rings is 1. The molecular formula is C12H17NO3. The molecule has 1 aromatic carbocycles. The Morgan fingerprint density at radius 1 is 1.31 bits per heavy atom. The molecule has 88 valence electrons. The Morgan fingerprint density at radius 3 is 2.38 bits per heavy atom. The van der Waals surface area contributed by atoms with E-state index in [2.05, 4.69) is 5.32 Å². The van der Waals surface area contributed by atoms with Gasteiger partial charge in [0.15, 0.2) is 0 Å². The van der Waals surface area contributed by atoms with Crippen LogP contribution in [0.2, 0.25) is 0 Å². The lowest BCUT2D eigenvalue weighted by molar-refractivity contribution is -0.139. The summed E-state index contributed by atoms with van der Waals surface area (Å²) in [6.45, 7) is 3.56. The van der Waals surface area contributed by atoms with Crippen molar-refractivity contribution in [3.63, 3.8) is 0 Å². The van der Waals surface area contributed by atoms with Crippen LogP contribution in [0, 0.1) is 0 Å². The molecule has 4 heteroatoms. The van der Waals surface area contributed by atoms with Gasteiger partial charge in [-0.25, -0.2) is 0 Å². The van der Waals surface area contributed by atoms with Crippen molar-refractivity contribution in [2.75, 3.05) is 0 Å². The third-order valence-electron chi connectivity index (χ3n) is 2.38. The molecular weight excluding hydrogens is 206 g/mol. The van der Waals surface area contributed by atoms with Crippen molar-refractivity contribution in [1.82, 2.24) is 5.32 Å². The Labute approximate surface area is 94.9 Å². The standard InChI is InChI=1S/C12H17NO3/c1-8(13-9(2)12(15)16)7-10-3-5-11(14)6-4-10/h3-6,8-9,13-14H,7H2,1-2H3,(H,15,16). The van der Waals surface area contributed by atoms with Gasteiger partial charge >= 0.3 is 5.97 Å². The number of carboxylic acids is 1. The van der Waals surface area contributed by atoms with Gasteiger partial charge in [0.05, 0.1) is 0 Å². The van der Waals surface area contributed by atoms with E-state index in [1.54, 1.807) is 19.1 Å². The minimum Gasteiger partial charge on any atom is -0.508 e. The molecule has 0 saturated heterocycles. The molecule has 4 nitrogen and oxygen atoms in total. The Kier molecular flexibility index (Phi) is 4.31. The van der Waals surface area contributed by atoms with Crippen LogP contribution in [0.1, 0.15) is 19.4 Å². The number of hydrogen-bond acceptors (Lipinski definition) is 3. The van der Waals surface area contributed by atoms with Crippen LogP contribution in [0.15, 0.2) is 24.3 Å². The molecule has 0 radical (unpaired) electrons. The fourth-order valence-electron chi connectivity index (χ4n) is 1.54. The van der Waals surface area contributed by atoms with Crippen LogP contribution in [0.4, 0.5) is 0 Å². The zero-order chi connectivity index (χ0) is 12.1. The van der Waals surface area contributed by atoms with Gasteiger partial charge in [0.2, 0.25) is 0 Å². The van der Waals surface area contributed by atoms with Gasteiger partial charge in [-0.15, -0.1) is 0 Å². The summed E-state index contributed by atoms with van der Waals surface area (Å²) in [5, 5.41) is 20.8. The van der Waals surface area contributed by atoms with Crippen LogP contribution in [-0.4, -0.2) is 28.3 Å². The molecule has 0 bridgehead atoms. The highest BCUT2D eigenvalue weighted by Crippen LogP contribution is 2.11. The predicted molar refractivity (Wildman–Crippen MR) is 61.5 cm³/mol. The van der Waals surface area contributed by atoms with Crippen molar-refractivity contribution in [2.24, 2.45) is 0 Å². The maximum Gasteiger partial charge on any atom is 0.320 e. The molecule has 2 atom stereocenters. The van der Waals surface area contributed by atoms with Crippen LogP contribution < -0.4 is 5.32 Å². The molecule has 0 fully saturated rings. The average molecular weight is 223 g/mol. The smallest absolute Gasteiger partial charge is 0.320 e. The number of hydrogen-bond donors (Lipinski definition) is 3. The first-order valence-corrected chi connectivity index (χ1v) is 5.26. The SMILES string of the molecule is CC(Cc1ccc(O)cc1)NC(C)C(=O)O. The summed E-state index contributed by atoms with van der Waals surface area (Å²) in [7, 11) is 0. The maximum absolute atomic E-state index is 10.6. The van der Waals surface area contributed by atoms with E-state index in [1.807, 2.05) is 19.1 Å². The second kappa shape index (κ2) is 5.51. The summed E-state index contributed by atoms with van der Waals surface area (Å²) in [5.41, 5.74) is 1.07. The second-order valence-corrected chi connectivity index (χ2v) is 4.00. The number of nitrogens with one attached hydrogen (secondary N) is 1. The molecule has 0 aliphatic rings. The van der Waals surface area contributed by atoms with Crippen LogP contribution in [0.3, 0.4) is 0 Å². The van der Waals surface area contributed by atoms with Gasteiger partial charge in [-0.1, -0.05) is 12.1 Å². The summed E-state index contributed by atoms with van der Waals surface area (Å²) in [5.74, 6) is -0.610. The van der Waals surface area contributed by atoms with E-state index in [9.17, 15) is 4.79 Å². The first-order chi connectivity index (χ1) is 7.49. The fraction of sp³-hybridized carbons (Fsp3) is 0.417. The van der Waals surface area contributed by atoms with E-state index in [0.717, 1.165) is 12.0 Å². The summed E-state index contributed by atoms with van der Waals surface area (Å²) < 4.78 is 0. The quantitative estimate of drug-likeness (QED) is 0.705. The minimum absolute atomic E-state index is 0.0793. The summed E-state index contributed by atoms with van der Waals surface area (Å²) in [6.07, 6.45) is 0.734. The molecule has 0 aromatic heterocycles. The van der Waals surface area contributed by atoms with E-state index in [0.29, 0.717) is 0 Å². The lowest BCUT2D eigenvalue weighted by atomic mass is 10.1. The number of aromatic hydroxyl groups is 1. The molecule has 16 heavy (non-hydrogen) atoms. The van der Waals surface area contributed by atoms with E-state index in [1.165, 1.54) is 0 Å². The monoisotopic (exact) mass is 223 g/mol. The van der Waals surface area contributed by atoms with Gasteiger partial charge in [-0.2, -0.15) is 0 Å². The van der Waals surface area contributed by atoms with Gasteiger partial charge in [-0.3, -0.25) is 4.79 Å². The zero-order valence-corrected chi connectivity index (χ0v) is 9.47. The van der Waals surface area contributed by atoms with Crippen LogP contribution in [-0.2, 0) is 11.2 Å². The third kappa shape index (κ3) is 3.90. The number of rotatable bonds is 5. The molecule has 0 aliphatic carbocycles. The Bertz CT molecular complexity index is 348. The molecule has 0 saturated carbocycles. The summed E-state index contributed by atoms with van der Waals surface area (Å²) >= 11 is 0. The zero-order valence-electron chi connectivity index (χ0n) is 9.47. The molecule has 1 rings (SSSR count). The number of carbonyl (C=O) groups is 1. The van der Waals surface area contributed by atoms with E-state index in [-0.39, 0.29) is 11.8 Å². The molecule has 2 unspecified atom stereocenters. The van der Waals surface area contributed by atoms with E-state index in [4.69, 9.17) is 10.2 Å². The lowest BCUT2D eigenvalue weighted by Crippen LogP contribution is -2.40. The van der Waals surface area contributed by atoms with Crippen LogP contribution in [0.25, 0.3) is 0 Å². The lowest BCUT2D eigenvalue weighted by Gasteiger charge is -2.17. The van der Waals surface area contributed by atoms with Crippen molar-refractivity contribution >= 4 is 5.97 Å². The molecule has 0 spiro atoms. The first kappa shape index (κ1) is 12.5. The summed E-state index contributed by atoms with van der Waals surface area (Å²) in [6, 6.07) is 6.45. The van der Waals surface area contributed by atoms with Gasteiger partial charge < -0.3 is 15.5 Å². The van der Waals surface area contributed by atoms with Gasteiger partial charge in [0, 0.05) is 6.04 Å². The minimum atomic E-state index is -0.849. The molecule has 3 N–H and O–H groups in total. The van der Waals surface area contributed by atoms with Crippen molar-refractivity contribution in [1.29, 1.82) is 0 Å². The highest BCUT2D eigenvalue weighted by Gasteiger charge is 2.13. The first-order valence-electron chi connectivity index (χ1n) is 5.26. The van der Waals surface area contributed by atoms with Gasteiger partial charge in [-0.05, 0) is 38.0 Å². The number of carboxylic acid groups (broad SMARTS) is 1. The van der Waals surface area contributed by atoms with Crippen molar-refractivity contribution in [3.8, 4) is 5.75 Å². The maximum atomic E-state index is 10.6. The average Bonchev–Trinajstić information content (AvgIpc) is 2.21. The van der Waals surface area contributed by atoms with E-state index < -0.39 is 12.0 Å². The molecule has 0 amide bonds. The third-order valence-corrected chi connectivity index (χ3v) is 2.38. The van der Waals surface area contributed by atoms with E-state index >= 15 is 0 Å². The largest absolute Gasteiger partial charge is 0.508 e. The Morgan fingerprint density at radius 2 is 1.88 bits per heavy atom. The van der Waals surface area contributed by atoms with Crippen molar-refractivity contribution in [2.45, 2.75) is 32.4 Å².